The van der Waals surface area contributed by atoms with E-state index in [9.17, 15) is 9.59 Å². The van der Waals surface area contributed by atoms with Gasteiger partial charge < -0.3 is 14.1 Å². The second kappa shape index (κ2) is 7.75. The zero-order valence-electron chi connectivity index (χ0n) is 15.3. The Hall–Kier alpha value is -2.94. The number of hydrogen-bond acceptors (Lipinski definition) is 8. The Bertz CT molecular complexity index is 981. The molecular weight excluding hydrogens is 368 g/mol. The van der Waals surface area contributed by atoms with E-state index in [2.05, 4.69) is 20.2 Å². The number of nitrogens with one attached hydrogen (secondary N) is 1. The summed E-state index contributed by atoms with van der Waals surface area (Å²) in [6.45, 7) is 5.19. The highest BCUT2D eigenvalue weighted by molar-refractivity contribution is 8.00. The number of aryl methyl sites for hydroxylation is 1. The molecule has 0 aliphatic carbocycles. The van der Waals surface area contributed by atoms with Crippen LogP contribution in [0.15, 0.2) is 34.2 Å². The molecule has 3 aromatic rings. The van der Waals surface area contributed by atoms with Crippen LogP contribution in [0.3, 0.4) is 0 Å². The topological polar surface area (TPSA) is 111 Å². The van der Waals surface area contributed by atoms with Crippen LogP contribution in [0.25, 0.3) is 11.5 Å². The average Bonchev–Trinajstić information content (AvgIpc) is 3.25. The summed E-state index contributed by atoms with van der Waals surface area (Å²) < 4.78 is 10.4. The number of ketones is 1. The summed E-state index contributed by atoms with van der Waals surface area (Å²) in [6.07, 6.45) is 3.27. The number of H-pyrrole nitrogens is 1. The van der Waals surface area contributed by atoms with Crippen LogP contribution in [0.4, 0.5) is 0 Å². The Morgan fingerprint density at radius 3 is 2.74 bits per heavy atom. The van der Waals surface area contributed by atoms with Crippen LogP contribution >= 0.6 is 11.8 Å². The van der Waals surface area contributed by atoms with Gasteiger partial charge in [-0.3, -0.25) is 9.78 Å². The smallest absolute Gasteiger partial charge is 0.339 e. The van der Waals surface area contributed by atoms with Crippen molar-refractivity contribution in [3.63, 3.8) is 0 Å². The third-order valence-electron chi connectivity index (χ3n) is 4.04. The van der Waals surface area contributed by atoms with Gasteiger partial charge in [0.2, 0.25) is 5.89 Å². The average molecular weight is 386 g/mol. The molecule has 3 rings (SSSR count). The van der Waals surface area contributed by atoms with Gasteiger partial charge in [0, 0.05) is 18.1 Å². The first-order chi connectivity index (χ1) is 12.9. The summed E-state index contributed by atoms with van der Waals surface area (Å²) in [4.78, 5) is 31.7. The summed E-state index contributed by atoms with van der Waals surface area (Å²) in [7, 11) is 1.31. The van der Waals surface area contributed by atoms with Gasteiger partial charge in [0.15, 0.2) is 5.78 Å². The van der Waals surface area contributed by atoms with E-state index in [-0.39, 0.29) is 11.0 Å². The standard InChI is InChI=1S/C18H18N4O4S/c1-9-13(17(24)25-4)10(2)20-14(9)15(23)11(3)27-18-22-21-16(26-18)12-6-5-7-19-8-12/h5-8,11,20H,1-4H3/t11-/m1/s1. The van der Waals surface area contributed by atoms with E-state index in [1.165, 1.54) is 7.11 Å². The number of rotatable bonds is 6. The first kappa shape index (κ1) is 18.8. The molecule has 0 amide bonds. The van der Waals surface area contributed by atoms with Gasteiger partial charge in [0.1, 0.15) is 0 Å². The lowest BCUT2D eigenvalue weighted by atomic mass is 10.1. The fraction of sp³-hybridized carbons (Fsp3) is 0.278. The van der Waals surface area contributed by atoms with Crippen LogP contribution in [0.1, 0.15) is 39.0 Å². The SMILES string of the molecule is COC(=O)c1c(C)[nH]c(C(=O)[C@@H](C)Sc2nnc(-c3cccnc3)o2)c1C. The van der Waals surface area contributed by atoms with Crippen molar-refractivity contribution in [2.45, 2.75) is 31.2 Å². The van der Waals surface area contributed by atoms with E-state index < -0.39 is 11.2 Å². The molecule has 0 saturated carbocycles. The number of hydrogen-bond donors (Lipinski definition) is 1. The van der Waals surface area contributed by atoms with Crippen LogP contribution in [0, 0.1) is 13.8 Å². The van der Waals surface area contributed by atoms with Crippen LogP contribution in [-0.4, -0.2) is 44.3 Å². The van der Waals surface area contributed by atoms with E-state index in [0.29, 0.717) is 34.0 Å². The van der Waals surface area contributed by atoms with Crippen molar-refractivity contribution in [2.75, 3.05) is 7.11 Å². The van der Waals surface area contributed by atoms with Crippen molar-refractivity contribution in [3.05, 3.63) is 47.0 Å². The van der Waals surface area contributed by atoms with Crippen molar-refractivity contribution in [1.29, 1.82) is 0 Å². The predicted molar refractivity (Wildman–Crippen MR) is 98.8 cm³/mol. The number of esters is 1. The molecule has 0 aliphatic rings. The molecule has 1 N–H and O–H groups in total. The third kappa shape index (κ3) is 3.77. The number of aromatic amines is 1. The predicted octanol–water partition coefficient (Wildman–Crippen LogP) is 3.23. The minimum atomic E-state index is -0.491. The summed E-state index contributed by atoms with van der Waals surface area (Å²) in [6, 6.07) is 3.58. The van der Waals surface area contributed by atoms with Crippen molar-refractivity contribution in [3.8, 4) is 11.5 Å². The van der Waals surface area contributed by atoms with Crippen LogP contribution in [0.5, 0.6) is 0 Å². The molecule has 0 bridgehead atoms. The normalized spacial score (nSPS) is 12.0. The highest BCUT2D eigenvalue weighted by Gasteiger charge is 2.27. The number of carbonyl (C=O) groups excluding carboxylic acids is 2. The van der Waals surface area contributed by atoms with Gasteiger partial charge in [-0.1, -0.05) is 11.8 Å². The number of methoxy groups -OCH3 is 1. The third-order valence-corrected chi connectivity index (χ3v) is 4.97. The maximum atomic E-state index is 12.8. The summed E-state index contributed by atoms with van der Waals surface area (Å²) in [5, 5.41) is 7.75. The van der Waals surface area contributed by atoms with Crippen molar-refractivity contribution < 1.29 is 18.7 Å². The number of carbonyl (C=O) groups is 2. The van der Waals surface area contributed by atoms with Crippen molar-refractivity contribution in [1.82, 2.24) is 20.2 Å². The zero-order chi connectivity index (χ0) is 19.6. The molecular formula is C18H18N4O4S. The number of aromatic nitrogens is 4. The van der Waals surface area contributed by atoms with Gasteiger partial charge in [-0.05, 0) is 38.5 Å². The fourth-order valence-electron chi connectivity index (χ4n) is 2.68. The number of thioether (sulfide) groups is 1. The number of Topliss-reactive ketones (excluding diaryl/α,β-unsaturated/α-hetero) is 1. The maximum Gasteiger partial charge on any atom is 0.339 e. The van der Waals surface area contributed by atoms with E-state index in [1.54, 1.807) is 39.2 Å². The fourth-order valence-corrected chi connectivity index (χ4v) is 3.42. The Kier molecular flexibility index (Phi) is 5.41. The van der Waals surface area contributed by atoms with Gasteiger partial charge in [-0.2, -0.15) is 0 Å². The van der Waals surface area contributed by atoms with Gasteiger partial charge >= 0.3 is 5.97 Å². The molecule has 3 heterocycles. The van der Waals surface area contributed by atoms with E-state index >= 15 is 0 Å². The lowest BCUT2D eigenvalue weighted by Crippen LogP contribution is -2.15. The first-order valence-electron chi connectivity index (χ1n) is 8.14. The molecule has 27 heavy (non-hydrogen) atoms. The molecule has 1 atom stereocenters. The van der Waals surface area contributed by atoms with E-state index in [0.717, 1.165) is 11.8 Å². The Morgan fingerprint density at radius 1 is 1.30 bits per heavy atom. The minimum absolute atomic E-state index is 0.170. The quantitative estimate of drug-likeness (QED) is 0.390. The Balaban J connectivity index is 1.77. The summed E-state index contributed by atoms with van der Waals surface area (Å²) >= 11 is 1.15. The van der Waals surface area contributed by atoms with Gasteiger partial charge in [-0.25, -0.2) is 4.79 Å². The number of pyridine rings is 1. The van der Waals surface area contributed by atoms with Crippen LogP contribution < -0.4 is 0 Å². The highest BCUT2D eigenvalue weighted by Crippen LogP contribution is 2.29. The van der Waals surface area contributed by atoms with E-state index in [1.807, 2.05) is 6.07 Å². The van der Waals surface area contributed by atoms with Crippen LogP contribution in [0.2, 0.25) is 0 Å². The highest BCUT2D eigenvalue weighted by atomic mass is 32.2. The van der Waals surface area contributed by atoms with Gasteiger partial charge in [-0.15, -0.1) is 10.2 Å². The maximum absolute atomic E-state index is 12.8. The summed E-state index contributed by atoms with van der Waals surface area (Å²) in [5.74, 6) is -0.305. The molecule has 0 radical (unpaired) electrons. The Labute approximate surface area is 159 Å². The molecule has 0 spiro atoms. The second-order valence-corrected chi connectivity index (χ2v) is 7.15. The van der Waals surface area contributed by atoms with Crippen LogP contribution in [-0.2, 0) is 4.74 Å². The van der Waals surface area contributed by atoms with E-state index in [4.69, 9.17) is 9.15 Å². The van der Waals surface area contributed by atoms with Crippen molar-refractivity contribution in [2.24, 2.45) is 0 Å². The van der Waals surface area contributed by atoms with Gasteiger partial charge in [0.25, 0.3) is 5.22 Å². The number of nitrogens with zero attached hydrogens (tertiary/aromatic N) is 3. The summed E-state index contributed by atoms with van der Waals surface area (Å²) in [5.41, 5.74) is 2.62. The lowest BCUT2D eigenvalue weighted by molar-refractivity contribution is 0.0599. The molecule has 0 aromatic carbocycles. The monoisotopic (exact) mass is 386 g/mol. The minimum Gasteiger partial charge on any atom is -0.465 e. The van der Waals surface area contributed by atoms with Gasteiger partial charge in [0.05, 0.1) is 29.2 Å². The largest absolute Gasteiger partial charge is 0.465 e. The molecule has 3 aromatic heterocycles. The molecule has 8 nitrogen and oxygen atoms in total. The number of ether oxygens (including phenoxy) is 1. The second-order valence-electron chi connectivity index (χ2n) is 5.86. The lowest BCUT2D eigenvalue weighted by Gasteiger charge is -2.07. The molecule has 140 valence electrons. The zero-order valence-corrected chi connectivity index (χ0v) is 16.1. The molecule has 0 fully saturated rings. The molecule has 0 saturated heterocycles. The molecule has 0 unspecified atom stereocenters. The molecule has 0 aliphatic heterocycles. The van der Waals surface area contributed by atoms with Crippen molar-refractivity contribution >= 4 is 23.5 Å². The Morgan fingerprint density at radius 2 is 2.07 bits per heavy atom. The molecule has 9 heteroatoms. The first-order valence-corrected chi connectivity index (χ1v) is 9.02.